The van der Waals surface area contributed by atoms with Crippen LogP contribution in [0.5, 0.6) is 0 Å². The number of rotatable bonds is 3. The van der Waals surface area contributed by atoms with Gasteiger partial charge in [-0.15, -0.1) is 0 Å². The van der Waals surface area contributed by atoms with Crippen molar-refractivity contribution >= 4 is 5.97 Å². The number of aromatic nitrogens is 2. The Labute approximate surface area is 122 Å². The fraction of sp³-hybridized carbons (Fsp3) is 0.231. The molecular weight excluding hydrogens is 239 g/mol. The molecule has 6 heteroatoms. The summed E-state index contributed by atoms with van der Waals surface area (Å²) in [6.45, 7) is 0. The number of hydrogen-bond donors (Lipinski definition) is 2. The van der Waals surface area contributed by atoms with Gasteiger partial charge in [-0.3, -0.25) is 0 Å². The average Bonchev–Trinajstić information content (AvgIpc) is 3.00. The molecule has 1 fully saturated rings. The van der Waals surface area contributed by atoms with Gasteiger partial charge in [0.2, 0.25) is 0 Å². The first-order valence-electron chi connectivity index (χ1n) is 5.57. The molecule has 0 saturated heterocycles. The summed E-state index contributed by atoms with van der Waals surface area (Å²) in [7, 11) is 0. The van der Waals surface area contributed by atoms with E-state index in [0.717, 1.165) is 18.7 Å². The van der Waals surface area contributed by atoms with E-state index < -0.39 is 5.97 Å². The van der Waals surface area contributed by atoms with E-state index in [1.54, 1.807) is 0 Å². The van der Waals surface area contributed by atoms with Crippen molar-refractivity contribution in [1.82, 2.24) is 9.97 Å². The second kappa shape index (κ2) is 5.62. The van der Waals surface area contributed by atoms with Crippen molar-refractivity contribution in [2.45, 2.75) is 18.3 Å². The number of aromatic amines is 1. The van der Waals surface area contributed by atoms with Crippen LogP contribution in [0.3, 0.4) is 0 Å². The van der Waals surface area contributed by atoms with E-state index in [-0.39, 0.29) is 35.4 Å². The van der Waals surface area contributed by atoms with Crippen LogP contribution in [0.4, 0.5) is 0 Å². The first kappa shape index (κ1) is 15.5. The van der Waals surface area contributed by atoms with Crippen LogP contribution < -0.4 is 18.9 Å². The number of nitrogens with one attached hydrogen (secondary N) is 1. The number of H-pyrrole nitrogens is 1. The molecule has 3 rings (SSSR count). The Bertz CT molecular complexity index is 564. The largest absolute Gasteiger partial charge is 1.00 e. The van der Waals surface area contributed by atoms with Gasteiger partial charge < -0.3 is 15.6 Å². The molecule has 0 radical (unpaired) electrons. The van der Waals surface area contributed by atoms with Gasteiger partial charge in [0.25, 0.3) is 0 Å². The van der Waals surface area contributed by atoms with Crippen LogP contribution in [0.15, 0.2) is 36.5 Å². The maximum absolute atomic E-state index is 10.8. The molecular formula is C13H13LiN2O3. The molecule has 0 bridgehead atoms. The summed E-state index contributed by atoms with van der Waals surface area (Å²) in [4.78, 5) is 17.9. The number of nitrogens with zero attached hydrogens (tertiary/aromatic N) is 1. The van der Waals surface area contributed by atoms with Crippen molar-refractivity contribution in [3.05, 3.63) is 53.6 Å². The minimum atomic E-state index is -0.965. The summed E-state index contributed by atoms with van der Waals surface area (Å²) >= 11 is 0. The number of imidazole rings is 1. The van der Waals surface area contributed by atoms with Crippen molar-refractivity contribution in [2.24, 2.45) is 0 Å². The van der Waals surface area contributed by atoms with Gasteiger partial charge in [-0.1, -0.05) is 30.3 Å². The van der Waals surface area contributed by atoms with Crippen LogP contribution in [-0.4, -0.2) is 26.5 Å². The molecule has 1 saturated carbocycles. The molecule has 0 aliphatic heterocycles. The molecule has 2 aromatic rings. The predicted octanol–water partition coefficient (Wildman–Crippen LogP) is -0.985. The maximum Gasteiger partial charge on any atom is 1.00 e. The van der Waals surface area contributed by atoms with Gasteiger partial charge in [-0.05, 0) is 18.4 Å². The monoisotopic (exact) mass is 252 g/mol. The molecule has 1 aromatic heterocycles. The molecule has 0 atom stereocenters. The van der Waals surface area contributed by atoms with E-state index in [4.69, 9.17) is 5.11 Å². The van der Waals surface area contributed by atoms with E-state index >= 15 is 0 Å². The minimum absolute atomic E-state index is 0. The zero-order chi connectivity index (χ0) is 11.9. The Kier molecular flexibility index (Phi) is 4.59. The number of aromatic carboxylic acids is 1. The summed E-state index contributed by atoms with van der Waals surface area (Å²) < 4.78 is 0. The SMILES string of the molecule is O=C(O)c1cnc(C2(c3ccccc3)CC2)[nH]1.[Li+].[OH-]. The zero-order valence-corrected chi connectivity index (χ0v) is 10.6. The van der Waals surface area contributed by atoms with E-state index in [1.807, 2.05) is 18.2 Å². The molecule has 0 unspecified atom stereocenters. The first-order chi connectivity index (χ1) is 8.22. The Morgan fingerprint density at radius 3 is 2.37 bits per heavy atom. The summed E-state index contributed by atoms with van der Waals surface area (Å²) in [5.74, 6) is -0.200. The third-order valence-electron chi connectivity index (χ3n) is 3.34. The molecule has 5 nitrogen and oxygen atoms in total. The van der Waals surface area contributed by atoms with Crippen LogP contribution in [0.25, 0.3) is 0 Å². The Balaban J connectivity index is 0.000000902. The molecule has 94 valence electrons. The molecule has 1 heterocycles. The Morgan fingerprint density at radius 1 is 1.26 bits per heavy atom. The molecule has 1 aliphatic carbocycles. The van der Waals surface area contributed by atoms with Crippen LogP contribution in [-0.2, 0) is 5.41 Å². The molecule has 1 aromatic carbocycles. The number of carbonyl (C=O) groups is 1. The second-order valence-electron chi connectivity index (χ2n) is 4.40. The van der Waals surface area contributed by atoms with E-state index in [2.05, 4.69) is 22.1 Å². The third kappa shape index (κ3) is 2.59. The smallest absolute Gasteiger partial charge is 0.870 e. The quantitative estimate of drug-likeness (QED) is 0.686. The molecule has 19 heavy (non-hydrogen) atoms. The second-order valence-corrected chi connectivity index (χ2v) is 4.40. The van der Waals surface area contributed by atoms with Gasteiger partial charge >= 0.3 is 24.8 Å². The van der Waals surface area contributed by atoms with Crippen LogP contribution in [0.2, 0.25) is 0 Å². The van der Waals surface area contributed by atoms with E-state index in [0.29, 0.717) is 0 Å². The maximum atomic E-state index is 10.8. The Hall–Kier alpha value is -1.54. The van der Waals surface area contributed by atoms with Crippen LogP contribution in [0, 0.1) is 0 Å². The van der Waals surface area contributed by atoms with Gasteiger partial charge in [-0.25, -0.2) is 9.78 Å². The number of carboxylic acids is 1. The van der Waals surface area contributed by atoms with E-state index in [1.165, 1.54) is 11.8 Å². The number of benzene rings is 1. The van der Waals surface area contributed by atoms with Crippen molar-refractivity contribution in [2.75, 3.05) is 0 Å². The summed E-state index contributed by atoms with van der Waals surface area (Å²) in [5.41, 5.74) is 1.27. The van der Waals surface area contributed by atoms with Crippen molar-refractivity contribution in [3.8, 4) is 0 Å². The summed E-state index contributed by atoms with van der Waals surface area (Å²) in [6, 6.07) is 10.1. The van der Waals surface area contributed by atoms with Gasteiger partial charge in [0.15, 0.2) is 0 Å². The fourth-order valence-corrected chi connectivity index (χ4v) is 2.22. The number of carboxylic acid groups (broad SMARTS) is 1. The van der Waals surface area contributed by atoms with Gasteiger partial charge in [0.05, 0.1) is 11.6 Å². The summed E-state index contributed by atoms with van der Waals surface area (Å²) in [5, 5.41) is 8.88. The normalized spacial score (nSPS) is 14.9. The third-order valence-corrected chi connectivity index (χ3v) is 3.34. The number of hydrogen-bond acceptors (Lipinski definition) is 3. The Morgan fingerprint density at radius 2 is 1.89 bits per heavy atom. The topological polar surface area (TPSA) is 96.0 Å². The van der Waals surface area contributed by atoms with Gasteiger partial charge in [0, 0.05) is 0 Å². The van der Waals surface area contributed by atoms with Gasteiger partial charge in [-0.2, -0.15) is 0 Å². The van der Waals surface area contributed by atoms with Crippen LogP contribution >= 0.6 is 0 Å². The summed E-state index contributed by atoms with van der Waals surface area (Å²) in [6.07, 6.45) is 3.42. The van der Waals surface area contributed by atoms with Crippen molar-refractivity contribution < 1.29 is 34.2 Å². The van der Waals surface area contributed by atoms with Crippen molar-refractivity contribution in [1.29, 1.82) is 0 Å². The molecule has 0 amide bonds. The molecule has 0 spiro atoms. The minimum Gasteiger partial charge on any atom is -0.870 e. The molecule has 1 aliphatic rings. The van der Waals surface area contributed by atoms with E-state index in [9.17, 15) is 4.79 Å². The standard InChI is InChI=1S/C13H12N2O2.Li.H2O/c16-11(17)10-8-14-12(15-10)13(6-7-13)9-4-2-1-3-5-9;;/h1-5,8H,6-7H2,(H,14,15)(H,16,17);;1H2/q;+1;/p-1. The predicted molar refractivity (Wildman–Crippen MR) is 63.9 cm³/mol. The zero-order valence-electron chi connectivity index (χ0n) is 10.6. The first-order valence-corrected chi connectivity index (χ1v) is 5.57. The van der Waals surface area contributed by atoms with Gasteiger partial charge in [0.1, 0.15) is 11.5 Å². The molecule has 3 N–H and O–H groups in total. The van der Waals surface area contributed by atoms with Crippen molar-refractivity contribution in [3.63, 3.8) is 0 Å². The van der Waals surface area contributed by atoms with Crippen LogP contribution in [0.1, 0.15) is 34.7 Å². The fourth-order valence-electron chi connectivity index (χ4n) is 2.22. The average molecular weight is 252 g/mol.